The monoisotopic (exact) mass is 256 g/mol. The van der Waals surface area contributed by atoms with Gasteiger partial charge < -0.3 is 15.3 Å². The number of carboxylic acids is 1. The van der Waals surface area contributed by atoms with Gasteiger partial charge in [-0.1, -0.05) is 27.7 Å². The maximum absolute atomic E-state index is 11.8. The van der Waals surface area contributed by atoms with Crippen LogP contribution < -0.4 is 5.32 Å². The molecule has 1 atom stereocenters. The highest BCUT2D eigenvalue weighted by Gasteiger charge is 2.37. The third-order valence-corrected chi connectivity index (χ3v) is 3.97. The van der Waals surface area contributed by atoms with Crippen LogP contribution in [0.3, 0.4) is 0 Å². The number of likely N-dealkylation sites (tertiary alicyclic amines) is 1. The van der Waals surface area contributed by atoms with Gasteiger partial charge in [0.1, 0.15) is 0 Å². The number of carbonyl (C=O) groups is 2. The van der Waals surface area contributed by atoms with Gasteiger partial charge in [-0.15, -0.1) is 0 Å². The highest BCUT2D eigenvalue weighted by molar-refractivity contribution is 5.76. The molecule has 1 heterocycles. The molecule has 0 saturated carbocycles. The Bertz CT molecular complexity index is 322. The van der Waals surface area contributed by atoms with Crippen molar-refractivity contribution < 1.29 is 14.7 Å². The van der Waals surface area contributed by atoms with Crippen molar-refractivity contribution in [1.29, 1.82) is 0 Å². The van der Waals surface area contributed by atoms with E-state index >= 15 is 0 Å². The fourth-order valence-electron chi connectivity index (χ4n) is 1.75. The lowest BCUT2D eigenvalue weighted by molar-refractivity contribution is -0.144. The van der Waals surface area contributed by atoms with E-state index in [-0.39, 0.29) is 23.3 Å². The number of hydrogen-bond donors (Lipinski definition) is 2. The lowest BCUT2D eigenvalue weighted by atomic mass is 9.87. The van der Waals surface area contributed by atoms with E-state index in [4.69, 9.17) is 5.11 Å². The van der Waals surface area contributed by atoms with Crippen LogP contribution in [0, 0.1) is 17.3 Å². The second-order valence-corrected chi connectivity index (χ2v) is 5.97. The second kappa shape index (κ2) is 5.59. The number of hydrogen-bond acceptors (Lipinski definition) is 2. The number of amides is 2. The van der Waals surface area contributed by atoms with Gasteiger partial charge in [-0.05, 0) is 11.8 Å². The molecule has 0 spiro atoms. The summed E-state index contributed by atoms with van der Waals surface area (Å²) in [6.45, 7) is 9.76. The molecule has 1 saturated heterocycles. The van der Waals surface area contributed by atoms with Crippen molar-refractivity contribution in [3.05, 3.63) is 0 Å². The van der Waals surface area contributed by atoms with E-state index in [2.05, 4.69) is 26.1 Å². The minimum Gasteiger partial charge on any atom is -0.481 e. The van der Waals surface area contributed by atoms with Crippen molar-refractivity contribution in [1.82, 2.24) is 10.2 Å². The van der Waals surface area contributed by atoms with Gasteiger partial charge in [-0.2, -0.15) is 0 Å². The number of nitrogens with zero attached hydrogens (tertiary/aromatic N) is 1. The van der Waals surface area contributed by atoms with Gasteiger partial charge in [0, 0.05) is 25.6 Å². The maximum Gasteiger partial charge on any atom is 0.317 e. The molecule has 104 valence electrons. The summed E-state index contributed by atoms with van der Waals surface area (Å²) in [5.74, 6) is -1.07. The summed E-state index contributed by atoms with van der Waals surface area (Å²) in [6, 6.07) is -0.0784. The van der Waals surface area contributed by atoms with E-state index in [0.717, 1.165) is 6.42 Å². The largest absolute Gasteiger partial charge is 0.481 e. The predicted molar refractivity (Wildman–Crippen MR) is 69.3 cm³/mol. The van der Waals surface area contributed by atoms with Crippen molar-refractivity contribution in [2.45, 2.75) is 34.1 Å². The summed E-state index contributed by atoms with van der Waals surface area (Å²) in [6.07, 6.45) is 1.01. The first-order chi connectivity index (χ1) is 8.26. The summed E-state index contributed by atoms with van der Waals surface area (Å²) in [5, 5.41) is 11.8. The van der Waals surface area contributed by atoms with Crippen LogP contribution in [-0.2, 0) is 4.79 Å². The van der Waals surface area contributed by atoms with Gasteiger partial charge in [0.25, 0.3) is 0 Å². The van der Waals surface area contributed by atoms with Crippen LogP contribution in [0.1, 0.15) is 34.1 Å². The van der Waals surface area contributed by atoms with E-state index in [1.54, 1.807) is 11.8 Å². The zero-order valence-electron chi connectivity index (χ0n) is 11.7. The molecular formula is C13H24N2O3. The molecule has 1 unspecified atom stereocenters. The van der Waals surface area contributed by atoms with Gasteiger partial charge in [0.05, 0.1) is 5.92 Å². The molecule has 1 fully saturated rings. The number of nitrogens with one attached hydrogen (secondary N) is 1. The molecule has 0 aliphatic carbocycles. The van der Waals surface area contributed by atoms with Crippen molar-refractivity contribution in [2.24, 2.45) is 17.3 Å². The minimum absolute atomic E-state index is 0.0784. The van der Waals surface area contributed by atoms with Crippen molar-refractivity contribution in [2.75, 3.05) is 19.6 Å². The first-order valence-corrected chi connectivity index (χ1v) is 6.52. The summed E-state index contributed by atoms with van der Waals surface area (Å²) < 4.78 is 0. The molecular weight excluding hydrogens is 232 g/mol. The van der Waals surface area contributed by atoms with Crippen LogP contribution >= 0.6 is 0 Å². The van der Waals surface area contributed by atoms with Crippen LogP contribution in [0.4, 0.5) is 4.79 Å². The summed E-state index contributed by atoms with van der Waals surface area (Å²) in [4.78, 5) is 24.3. The molecule has 0 aromatic carbocycles. The second-order valence-electron chi connectivity index (χ2n) is 5.97. The van der Waals surface area contributed by atoms with Crippen LogP contribution in [0.25, 0.3) is 0 Å². The van der Waals surface area contributed by atoms with Gasteiger partial charge in [-0.3, -0.25) is 4.79 Å². The fraction of sp³-hybridized carbons (Fsp3) is 0.846. The Morgan fingerprint density at radius 2 is 2.00 bits per heavy atom. The Balaban J connectivity index is 2.29. The molecule has 1 rings (SSSR count). The quantitative estimate of drug-likeness (QED) is 0.787. The smallest absolute Gasteiger partial charge is 0.317 e. The van der Waals surface area contributed by atoms with Gasteiger partial charge >= 0.3 is 12.0 Å². The molecule has 1 aliphatic rings. The molecule has 0 radical (unpaired) electrons. The zero-order valence-corrected chi connectivity index (χ0v) is 11.7. The first kappa shape index (κ1) is 14.8. The van der Waals surface area contributed by atoms with Crippen LogP contribution in [0.5, 0.6) is 0 Å². The number of urea groups is 1. The van der Waals surface area contributed by atoms with Crippen molar-refractivity contribution >= 4 is 12.0 Å². The Kier molecular flexibility index (Phi) is 4.59. The van der Waals surface area contributed by atoms with E-state index in [9.17, 15) is 9.59 Å². The minimum atomic E-state index is -0.785. The molecule has 1 aliphatic heterocycles. The summed E-state index contributed by atoms with van der Waals surface area (Å²) in [5.41, 5.74) is 0.105. The van der Waals surface area contributed by atoms with Crippen molar-refractivity contribution in [3.63, 3.8) is 0 Å². The third kappa shape index (κ3) is 3.62. The average molecular weight is 256 g/mol. The average Bonchev–Trinajstić information content (AvgIpc) is 2.24. The lowest BCUT2D eigenvalue weighted by Gasteiger charge is -2.41. The predicted octanol–water partition coefficient (Wildman–Crippen LogP) is 1.78. The van der Waals surface area contributed by atoms with Gasteiger partial charge in [0.15, 0.2) is 0 Å². The molecule has 5 nitrogen and oxygen atoms in total. The normalized spacial score (nSPS) is 18.1. The van der Waals surface area contributed by atoms with E-state index in [1.807, 2.05) is 0 Å². The third-order valence-electron chi connectivity index (χ3n) is 3.97. The first-order valence-electron chi connectivity index (χ1n) is 6.52. The topological polar surface area (TPSA) is 69.6 Å². The molecule has 5 heteroatoms. The van der Waals surface area contributed by atoms with Crippen LogP contribution in [0.15, 0.2) is 0 Å². The summed E-state index contributed by atoms with van der Waals surface area (Å²) in [7, 11) is 0. The van der Waals surface area contributed by atoms with Crippen LogP contribution in [0.2, 0.25) is 0 Å². The Labute approximate surface area is 109 Å². The molecule has 18 heavy (non-hydrogen) atoms. The molecule has 2 N–H and O–H groups in total. The fourth-order valence-corrected chi connectivity index (χ4v) is 1.75. The van der Waals surface area contributed by atoms with Crippen molar-refractivity contribution in [3.8, 4) is 0 Å². The van der Waals surface area contributed by atoms with E-state index in [0.29, 0.717) is 19.6 Å². The number of aliphatic carboxylic acids is 1. The van der Waals surface area contributed by atoms with Gasteiger partial charge in [0.2, 0.25) is 0 Å². The zero-order chi connectivity index (χ0) is 13.9. The van der Waals surface area contributed by atoms with E-state index in [1.165, 1.54) is 0 Å². The molecule has 0 aromatic heterocycles. The highest BCUT2D eigenvalue weighted by Crippen LogP contribution is 2.24. The lowest BCUT2D eigenvalue weighted by Crippen LogP contribution is -2.57. The van der Waals surface area contributed by atoms with Gasteiger partial charge in [-0.25, -0.2) is 4.79 Å². The Morgan fingerprint density at radius 3 is 2.44 bits per heavy atom. The Hall–Kier alpha value is -1.26. The Morgan fingerprint density at radius 1 is 1.44 bits per heavy atom. The molecule has 0 aromatic rings. The molecule has 2 amide bonds. The van der Waals surface area contributed by atoms with E-state index < -0.39 is 5.97 Å². The number of rotatable bonds is 5. The SMILES string of the molecule is CCC(C)(C)CNC(=O)N1CC(C(C)C(=O)O)C1. The molecule has 0 bridgehead atoms. The highest BCUT2D eigenvalue weighted by atomic mass is 16.4. The maximum atomic E-state index is 11.8. The number of carboxylic acid groups (broad SMARTS) is 1. The number of carbonyl (C=O) groups excluding carboxylic acids is 1. The summed E-state index contributed by atoms with van der Waals surface area (Å²) >= 11 is 0. The standard InChI is InChI=1S/C13H24N2O3/c1-5-13(3,4)8-14-12(18)15-6-10(7-15)9(2)11(16)17/h9-10H,5-8H2,1-4H3,(H,14,18)(H,16,17). The van der Waals surface area contributed by atoms with Crippen LogP contribution in [-0.4, -0.2) is 41.6 Å².